The Labute approximate surface area is 248 Å². The molecule has 0 saturated carbocycles. The van der Waals surface area contributed by atoms with E-state index >= 15 is 4.39 Å². The number of ether oxygens (including phenoxy) is 2. The molecule has 0 unspecified atom stereocenters. The Bertz CT molecular complexity index is 1610. The quantitative estimate of drug-likeness (QED) is 0.196. The van der Waals surface area contributed by atoms with Crippen molar-refractivity contribution in [3.63, 3.8) is 0 Å². The molecule has 0 spiro atoms. The van der Waals surface area contributed by atoms with Gasteiger partial charge in [0.1, 0.15) is 0 Å². The molecule has 1 atom stereocenters. The molecular formula is C30H40ClFN2O5SSi. The Morgan fingerprint density at radius 1 is 1.12 bits per heavy atom. The van der Waals surface area contributed by atoms with Gasteiger partial charge in [0.25, 0.3) is 0 Å². The second-order valence-electron chi connectivity index (χ2n) is 12.9. The van der Waals surface area contributed by atoms with E-state index in [2.05, 4.69) is 19.6 Å². The minimum absolute atomic E-state index is 0.000973. The lowest BCUT2D eigenvalue weighted by Gasteiger charge is -2.35. The average Bonchev–Trinajstić information content (AvgIpc) is 3.13. The number of aromatic nitrogens is 1. The fourth-order valence-corrected chi connectivity index (χ4v) is 10.1. The van der Waals surface area contributed by atoms with Gasteiger partial charge in [0.15, 0.2) is 11.9 Å². The maximum atomic E-state index is 16.4. The van der Waals surface area contributed by atoms with E-state index in [-0.39, 0.29) is 17.7 Å². The van der Waals surface area contributed by atoms with Crippen LogP contribution in [0.15, 0.2) is 24.3 Å². The highest BCUT2D eigenvalue weighted by Crippen LogP contribution is 2.50. The molecule has 41 heavy (non-hydrogen) atoms. The molecule has 0 aliphatic carbocycles. The average molecular weight is 623 g/mol. The molecule has 0 amide bonds. The van der Waals surface area contributed by atoms with Crippen molar-refractivity contribution in [2.24, 2.45) is 0 Å². The zero-order valence-corrected chi connectivity index (χ0v) is 27.9. The Balaban J connectivity index is 2.17. The summed E-state index contributed by atoms with van der Waals surface area (Å²) in [6, 6.07) is 7.54. The lowest BCUT2D eigenvalue weighted by Crippen LogP contribution is -2.41. The Morgan fingerprint density at radius 2 is 1.73 bits per heavy atom. The fourth-order valence-electron chi connectivity index (χ4n) is 5.45. The van der Waals surface area contributed by atoms with Crippen LogP contribution in [0, 0.1) is 19.7 Å². The topological polar surface area (TPSA) is 77.8 Å². The zero-order valence-electron chi connectivity index (χ0n) is 25.3. The van der Waals surface area contributed by atoms with E-state index in [1.54, 1.807) is 38.1 Å². The third kappa shape index (κ3) is 6.07. The number of hydrogen-bond acceptors (Lipinski definition) is 5. The first kappa shape index (κ1) is 31.5. The van der Waals surface area contributed by atoms with E-state index in [1.165, 1.54) is 11.4 Å². The van der Waals surface area contributed by atoms with Gasteiger partial charge in [0.05, 0.1) is 41.9 Å². The molecular weight excluding hydrogens is 583 g/mol. The molecule has 2 aromatic carbocycles. The van der Waals surface area contributed by atoms with Gasteiger partial charge in [0.2, 0.25) is 10.0 Å². The Kier molecular flexibility index (Phi) is 8.47. The van der Waals surface area contributed by atoms with Gasteiger partial charge >= 0.3 is 5.97 Å². The summed E-state index contributed by atoms with van der Waals surface area (Å²) in [6.45, 7) is 15.8. The molecule has 224 valence electrons. The summed E-state index contributed by atoms with van der Waals surface area (Å²) in [4.78, 5) is 13.4. The van der Waals surface area contributed by atoms with Crippen LogP contribution in [0.2, 0.25) is 30.7 Å². The van der Waals surface area contributed by atoms with E-state index in [0.717, 1.165) is 0 Å². The number of hydrogen-bond donors (Lipinski definition) is 0. The minimum Gasteiger partial charge on any atom is -0.467 e. The van der Waals surface area contributed by atoms with E-state index in [1.807, 2.05) is 25.3 Å². The number of methoxy groups -OCH3 is 1. The highest BCUT2D eigenvalue weighted by Gasteiger charge is 2.40. The van der Waals surface area contributed by atoms with Crippen LogP contribution in [0.1, 0.15) is 43.7 Å². The second kappa shape index (κ2) is 11.0. The van der Waals surface area contributed by atoms with Crippen LogP contribution >= 0.6 is 11.6 Å². The molecule has 0 fully saturated rings. The molecule has 1 aliphatic heterocycles. The van der Waals surface area contributed by atoms with Crippen LogP contribution in [0.5, 0.6) is 0 Å². The molecule has 7 nitrogen and oxygen atoms in total. The largest absolute Gasteiger partial charge is 0.467 e. The smallest absolute Gasteiger partial charge is 0.339 e. The maximum Gasteiger partial charge on any atom is 0.339 e. The molecule has 0 bridgehead atoms. The van der Waals surface area contributed by atoms with Crippen LogP contribution in [0.3, 0.4) is 0 Å². The van der Waals surface area contributed by atoms with Crippen molar-refractivity contribution >= 4 is 52.3 Å². The molecule has 0 radical (unpaired) electrons. The van der Waals surface area contributed by atoms with Crippen LogP contribution in [-0.2, 0) is 30.8 Å². The molecule has 4 rings (SSSR count). The molecule has 0 N–H and O–H groups in total. The standard InChI is InChI=1S/C30H40ClFN2O5SSi/c1-18-22(28(29(35)38-6)39-30(3,4)5)23(20-10-12-21(31)13-11-20)24-25(32)19(2)33-14-15-34(26(18)27(24)33)40(36,37)16-17-41(7,8)9/h10-13,28H,14-17H2,1-9H3/t28-/m0/s1. The van der Waals surface area contributed by atoms with Gasteiger partial charge in [-0.2, -0.15) is 0 Å². The van der Waals surface area contributed by atoms with Crippen molar-refractivity contribution in [3.05, 3.63) is 51.9 Å². The number of benzene rings is 2. The van der Waals surface area contributed by atoms with Gasteiger partial charge in [-0.05, 0) is 63.9 Å². The third-order valence-electron chi connectivity index (χ3n) is 7.46. The van der Waals surface area contributed by atoms with Crippen LogP contribution < -0.4 is 4.31 Å². The number of sulfonamides is 1. The third-order valence-corrected chi connectivity index (χ3v) is 11.6. The number of rotatable bonds is 8. The summed E-state index contributed by atoms with van der Waals surface area (Å²) >= 11 is 6.21. The lowest BCUT2D eigenvalue weighted by atomic mass is 9.87. The number of carbonyl (C=O) groups is 1. The van der Waals surface area contributed by atoms with Crippen molar-refractivity contribution in [1.82, 2.24) is 4.57 Å². The van der Waals surface area contributed by atoms with E-state index in [4.69, 9.17) is 21.1 Å². The van der Waals surface area contributed by atoms with Gasteiger partial charge in [-0.25, -0.2) is 17.6 Å². The number of nitrogens with zero attached hydrogens (tertiary/aromatic N) is 2. The predicted octanol–water partition coefficient (Wildman–Crippen LogP) is 7.23. The van der Waals surface area contributed by atoms with Gasteiger partial charge in [-0.15, -0.1) is 0 Å². The lowest BCUT2D eigenvalue weighted by molar-refractivity contribution is -0.164. The fraction of sp³-hybridized carbons (Fsp3) is 0.500. The van der Waals surface area contributed by atoms with E-state index in [9.17, 15) is 13.2 Å². The molecule has 1 aromatic heterocycles. The predicted molar refractivity (Wildman–Crippen MR) is 167 cm³/mol. The van der Waals surface area contributed by atoms with Crippen molar-refractivity contribution in [1.29, 1.82) is 0 Å². The van der Waals surface area contributed by atoms with Gasteiger partial charge in [-0.3, -0.25) is 4.31 Å². The van der Waals surface area contributed by atoms with Gasteiger partial charge in [0, 0.05) is 36.2 Å². The van der Waals surface area contributed by atoms with Gasteiger partial charge in [-0.1, -0.05) is 43.4 Å². The van der Waals surface area contributed by atoms with E-state index < -0.39 is 41.6 Å². The summed E-state index contributed by atoms with van der Waals surface area (Å²) in [7, 11) is -4.17. The minimum atomic E-state index is -3.76. The van der Waals surface area contributed by atoms with Crippen molar-refractivity contribution in [2.75, 3.05) is 23.7 Å². The molecule has 0 saturated heterocycles. The summed E-state index contributed by atoms with van der Waals surface area (Å²) in [6.07, 6.45) is -1.25. The first-order valence-electron chi connectivity index (χ1n) is 13.7. The van der Waals surface area contributed by atoms with E-state index in [0.29, 0.717) is 56.8 Å². The van der Waals surface area contributed by atoms with Gasteiger partial charge < -0.3 is 14.0 Å². The number of carbonyl (C=O) groups excluding carboxylic acids is 1. The SMILES string of the molecule is COC(=O)[C@@H](OC(C)(C)C)c1c(C)c2c3c(c(F)c(C)n3CCN2S(=O)(=O)CC[Si](C)(C)C)c1-c1ccc(Cl)cc1. The molecule has 1 aliphatic rings. The van der Waals surface area contributed by atoms with Crippen LogP contribution in [-0.4, -0.2) is 52.0 Å². The molecule has 2 heterocycles. The molecule has 3 aromatic rings. The zero-order chi connectivity index (χ0) is 30.7. The normalized spacial score (nSPS) is 15.0. The highest BCUT2D eigenvalue weighted by atomic mass is 35.5. The maximum absolute atomic E-state index is 16.4. The highest BCUT2D eigenvalue weighted by molar-refractivity contribution is 7.92. The summed E-state index contributed by atoms with van der Waals surface area (Å²) in [5.74, 6) is -1.13. The summed E-state index contributed by atoms with van der Waals surface area (Å²) < 4.78 is 59.0. The van der Waals surface area contributed by atoms with Crippen LogP contribution in [0.4, 0.5) is 10.1 Å². The first-order chi connectivity index (χ1) is 18.9. The summed E-state index contributed by atoms with van der Waals surface area (Å²) in [5.41, 5.74) is 2.48. The van der Waals surface area contributed by atoms with Crippen molar-refractivity contribution in [3.8, 4) is 11.1 Å². The first-order valence-corrected chi connectivity index (χ1v) is 19.4. The Morgan fingerprint density at radius 3 is 2.27 bits per heavy atom. The van der Waals surface area contributed by atoms with Crippen LogP contribution in [0.25, 0.3) is 22.0 Å². The molecule has 11 heteroatoms. The number of esters is 1. The van der Waals surface area contributed by atoms with Crippen molar-refractivity contribution in [2.45, 2.75) is 78.6 Å². The number of anilines is 1. The number of halogens is 2. The second-order valence-corrected chi connectivity index (χ2v) is 20.9. The summed E-state index contributed by atoms with van der Waals surface area (Å²) in [5, 5.41) is 0.752. The Hall–Kier alpha value is -2.40. The monoisotopic (exact) mass is 622 g/mol. The van der Waals surface area contributed by atoms with Crippen molar-refractivity contribution < 1.29 is 27.1 Å².